The summed E-state index contributed by atoms with van der Waals surface area (Å²) in [4.78, 5) is 16.9. The number of nitrogens with zero attached hydrogens (tertiary/aromatic N) is 1. The molecule has 0 aliphatic carbocycles. The zero-order chi connectivity index (χ0) is 9.19. The summed E-state index contributed by atoms with van der Waals surface area (Å²) in [6.07, 6.45) is 3.00. The molecule has 6 heteroatoms. The van der Waals surface area contributed by atoms with Gasteiger partial charge in [-0.15, -0.1) is 0 Å². The monoisotopic (exact) mass is 170 g/mol. The van der Waals surface area contributed by atoms with Gasteiger partial charge in [0, 0.05) is 12.6 Å². The van der Waals surface area contributed by atoms with Crippen molar-refractivity contribution in [3.63, 3.8) is 0 Å². The summed E-state index contributed by atoms with van der Waals surface area (Å²) in [7, 11) is 0. The van der Waals surface area contributed by atoms with Crippen LogP contribution < -0.4 is 11.5 Å². The summed E-state index contributed by atoms with van der Waals surface area (Å²) >= 11 is 0. The predicted octanol–water partition coefficient (Wildman–Crippen LogP) is -1.35. The van der Waals surface area contributed by atoms with Gasteiger partial charge in [-0.3, -0.25) is 0 Å². The normalized spacial score (nSPS) is 11.5. The molecule has 0 aliphatic rings. The van der Waals surface area contributed by atoms with Crippen LogP contribution in [0.3, 0.4) is 0 Å². The molecule has 0 unspecified atom stereocenters. The summed E-state index contributed by atoms with van der Waals surface area (Å²) in [6, 6.07) is 0. The van der Waals surface area contributed by atoms with Crippen LogP contribution in [0.5, 0.6) is 0 Å². The van der Waals surface area contributed by atoms with Gasteiger partial charge >= 0.3 is 5.97 Å². The minimum absolute atomic E-state index is 0.00579. The number of hydrogen-bond donors (Lipinski definition) is 4. The number of imidazole rings is 1. The number of aliphatic carboxylic acids is 1. The van der Waals surface area contributed by atoms with E-state index < -0.39 is 11.6 Å². The van der Waals surface area contributed by atoms with E-state index in [1.54, 1.807) is 6.20 Å². The van der Waals surface area contributed by atoms with Gasteiger partial charge in [0.25, 0.3) is 0 Å². The molecule has 0 fully saturated rings. The lowest BCUT2D eigenvalue weighted by molar-refractivity contribution is -0.143. The smallest absolute Gasteiger partial charge is 0.338 e. The van der Waals surface area contributed by atoms with Crippen molar-refractivity contribution in [3.8, 4) is 0 Å². The zero-order valence-electron chi connectivity index (χ0n) is 6.32. The third-order valence-corrected chi connectivity index (χ3v) is 1.43. The highest BCUT2D eigenvalue weighted by molar-refractivity contribution is 5.77. The van der Waals surface area contributed by atoms with Crippen molar-refractivity contribution >= 4 is 5.97 Å². The first-order valence-electron chi connectivity index (χ1n) is 3.31. The molecule has 0 aliphatic heterocycles. The molecule has 6 N–H and O–H groups in total. The van der Waals surface area contributed by atoms with Crippen molar-refractivity contribution in [1.82, 2.24) is 9.97 Å². The molecular formula is C6H10N4O2. The van der Waals surface area contributed by atoms with Crippen LogP contribution in [-0.4, -0.2) is 26.7 Å². The summed E-state index contributed by atoms with van der Waals surface area (Å²) in [5.74, 6) is -1.24. The summed E-state index contributed by atoms with van der Waals surface area (Å²) in [6.45, 7) is 0. The lowest BCUT2D eigenvalue weighted by atomic mass is 10.1. The molecule has 0 saturated carbocycles. The highest BCUT2D eigenvalue weighted by Gasteiger charge is 2.29. The van der Waals surface area contributed by atoms with Gasteiger partial charge < -0.3 is 21.6 Å². The van der Waals surface area contributed by atoms with Gasteiger partial charge in [-0.25, -0.2) is 9.78 Å². The third-order valence-electron chi connectivity index (χ3n) is 1.43. The quantitative estimate of drug-likeness (QED) is 0.418. The molecule has 1 rings (SSSR count). The number of carboxylic acids is 1. The number of H-pyrrole nitrogens is 1. The SMILES string of the molecule is NC(N)(Cc1c[nH]cn1)C(=O)O. The van der Waals surface area contributed by atoms with Crippen LogP contribution in [0, 0.1) is 0 Å². The van der Waals surface area contributed by atoms with E-state index in [2.05, 4.69) is 9.97 Å². The van der Waals surface area contributed by atoms with Crippen LogP contribution in [0.1, 0.15) is 5.69 Å². The fraction of sp³-hybridized carbons (Fsp3) is 0.333. The van der Waals surface area contributed by atoms with Gasteiger partial charge in [0.2, 0.25) is 0 Å². The summed E-state index contributed by atoms with van der Waals surface area (Å²) in [5, 5.41) is 8.55. The Kier molecular flexibility index (Phi) is 2.11. The lowest BCUT2D eigenvalue weighted by Gasteiger charge is -2.16. The average molecular weight is 170 g/mol. The fourth-order valence-electron chi connectivity index (χ4n) is 0.763. The first-order chi connectivity index (χ1) is 5.52. The van der Waals surface area contributed by atoms with Gasteiger partial charge in [0.1, 0.15) is 0 Å². The maximum atomic E-state index is 10.5. The first-order valence-corrected chi connectivity index (χ1v) is 3.31. The number of nitrogens with two attached hydrogens (primary N) is 2. The third kappa shape index (κ3) is 1.80. The number of aromatic nitrogens is 2. The second-order valence-corrected chi connectivity index (χ2v) is 2.58. The fourth-order valence-corrected chi connectivity index (χ4v) is 0.763. The Bertz CT molecular complexity index is 267. The molecule has 1 heterocycles. The number of nitrogens with one attached hydrogen (secondary N) is 1. The highest BCUT2D eigenvalue weighted by Crippen LogP contribution is 2.02. The lowest BCUT2D eigenvalue weighted by Crippen LogP contribution is -2.58. The molecule has 0 atom stereocenters. The molecular weight excluding hydrogens is 160 g/mol. The van der Waals surface area contributed by atoms with Crippen molar-refractivity contribution < 1.29 is 9.90 Å². The average Bonchev–Trinajstić information content (AvgIpc) is 2.38. The Morgan fingerprint density at radius 1 is 1.75 bits per heavy atom. The van der Waals surface area contributed by atoms with E-state index in [0.29, 0.717) is 5.69 Å². The van der Waals surface area contributed by atoms with E-state index in [4.69, 9.17) is 16.6 Å². The van der Waals surface area contributed by atoms with E-state index in [0.717, 1.165) is 0 Å². The molecule has 1 aromatic heterocycles. The highest BCUT2D eigenvalue weighted by atomic mass is 16.4. The van der Waals surface area contributed by atoms with Gasteiger partial charge in [-0.2, -0.15) is 0 Å². The molecule has 6 nitrogen and oxygen atoms in total. The number of carboxylic acid groups (broad SMARTS) is 1. The number of aromatic amines is 1. The van der Waals surface area contributed by atoms with Crippen molar-refractivity contribution in [2.45, 2.75) is 12.1 Å². The molecule has 66 valence electrons. The largest absolute Gasteiger partial charge is 0.479 e. The van der Waals surface area contributed by atoms with Crippen LogP contribution in [0.15, 0.2) is 12.5 Å². The Morgan fingerprint density at radius 2 is 2.42 bits per heavy atom. The van der Waals surface area contributed by atoms with E-state index in [9.17, 15) is 4.79 Å². The van der Waals surface area contributed by atoms with E-state index >= 15 is 0 Å². The van der Waals surface area contributed by atoms with Crippen molar-refractivity contribution in [2.75, 3.05) is 0 Å². The molecule has 1 aromatic rings. The molecule has 12 heavy (non-hydrogen) atoms. The van der Waals surface area contributed by atoms with Gasteiger partial charge in [-0.1, -0.05) is 0 Å². The Hall–Kier alpha value is -1.40. The van der Waals surface area contributed by atoms with Crippen LogP contribution >= 0.6 is 0 Å². The Morgan fingerprint density at radius 3 is 2.83 bits per heavy atom. The molecule has 0 amide bonds. The van der Waals surface area contributed by atoms with Crippen LogP contribution in [-0.2, 0) is 11.2 Å². The standard InChI is InChI=1S/C6H10N4O2/c7-6(8,5(11)12)1-4-2-9-3-10-4/h2-3H,1,7-8H2,(H,9,10)(H,11,12). The molecule has 0 aromatic carbocycles. The van der Waals surface area contributed by atoms with Gasteiger partial charge in [-0.05, 0) is 0 Å². The van der Waals surface area contributed by atoms with Crippen LogP contribution in [0.2, 0.25) is 0 Å². The van der Waals surface area contributed by atoms with Crippen LogP contribution in [0.25, 0.3) is 0 Å². The first kappa shape index (κ1) is 8.69. The number of rotatable bonds is 3. The maximum absolute atomic E-state index is 10.5. The topological polar surface area (TPSA) is 118 Å². The Balaban J connectivity index is 2.69. The van der Waals surface area contributed by atoms with Gasteiger partial charge in [0.05, 0.1) is 12.0 Å². The van der Waals surface area contributed by atoms with Crippen molar-refractivity contribution in [3.05, 3.63) is 18.2 Å². The van der Waals surface area contributed by atoms with Crippen molar-refractivity contribution in [1.29, 1.82) is 0 Å². The van der Waals surface area contributed by atoms with Crippen molar-refractivity contribution in [2.24, 2.45) is 11.5 Å². The van der Waals surface area contributed by atoms with E-state index in [1.807, 2.05) is 0 Å². The summed E-state index contributed by atoms with van der Waals surface area (Å²) < 4.78 is 0. The zero-order valence-corrected chi connectivity index (χ0v) is 6.32. The van der Waals surface area contributed by atoms with Gasteiger partial charge in [0.15, 0.2) is 5.66 Å². The predicted molar refractivity (Wildman–Crippen MR) is 41.0 cm³/mol. The Labute approximate surface area is 68.6 Å². The van der Waals surface area contributed by atoms with E-state index in [1.165, 1.54) is 6.33 Å². The minimum Gasteiger partial charge on any atom is -0.479 e. The second-order valence-electron chi connectivity index (χ2n) is 2.58. The summed E-state index contributed by atoms with van der Waals surface area (Å²) in [5.41, 5.74) is 9.34. The van der Waals surface area contributed by atoms with E-state index in [-0.39, 0.29) is 6.42 Å². The number of carbonyl (C=O) groups is 1. The van der Waals surface area contributed by atoms with Crippen LogP contribution in [0.4, 0.5) is 0 Å². The molecule has 0 saturated heterocycles. The maximum Gasteiger partial charge on any atom is 0.338 e. The molecule has 0 radical (unpaired) electrons. The number of hydrogen-bond acceptors (Lipinski definition) is 4. The minimum atomic E-state index is -1.74. The molecule has 0 bridgehead atoms. The molecule has 0 spiro atoms. The second kappa shape index (κ2) is 2.92.